The van der Waals surface area contributed by atoms with Gasteiger partial charge in [-0.05, 0) is 24.3 Å². The van der Waals surface area contributed by atoms with Crippen LogP contribution in [0, 0.1) is 5.82 Å². The standard InChI is InChI=1S/C14H12Cl2FNO/c1-19-12-6-5-8(15)7-10(12)14(18)9-3-2-4-11(16)13(9)17/h2-7,14H,18H2,1H3. The molecule has 2 N–H and O–H groups in total. The molecule has 100 valence electrons. The molecule has 2 aromatic rings. The predicted molar refractivity (Wildman–Crippen MR) is 75.4 cm³/mol. The molecule has 0 saturated heterocycles. The summed E-state index contributed by atoms with van der Waals surface area (Å²) >= 11 is 11.7. The molecule has 0 saturated carbocycles. The normalized spacial score (nSPS) is 12.3. The molecule has 1 atom stereocenters. The molecule has 0 heterocycles. The van der Waals surface area contributed by atoms with Crippen LogP contribution in [0.2, 0.25) is 10.0 Å². The summed E-state index contributed by atoms with van der Waals surface area (Å²) in [5, 5.41) is 0.544. The van der Waals surface area contributed by atoms with Gasteiger partial charge in [-0.15, -0.1) is 0 Å². The summed E-state index contributed by atoms with van der Waals surface area (Å²) in [7, 11) is 1.52. The van der Waals surface area contributed by atoms with E-state index in [2.05, 4.69) is 0 Å². The van der Waals surface area contributed by atoms with Crippen molar-refractivity contribution in [1.82, 2.24) is 0 Å². The topological polar surface area (TPSA) is 35.2 Å². The maximum Gasteiger partial charge on any atom is 0.146 e. The highest BCUT2D eigenvalue weighted by Gasteiger charge is 2.19. The molecule has 2 rings (SSSR count). The highest BCUT2D eigenvalue weighted by molar-refractivity contribution is 6.31. The number of rotatable bonds is 3. The van der Waals surface area contributed by atoms with E-state index in [4.69, 9.17) is 33.7 Å². The Bertz CT molecular complexity index is 604. The summed E-state index contributed by atoms with van der Waals surface area (Å²) in [6, 6.07) is 9.05. The van der Waals surface area contributed by atoms with Gasteiger partial charge in [-0.1, -0.05) is 35.3 Å². The van der Waals surface area contributed by atoms with E-state index < -0.39 is 11.9 Å². The number of hydrogen-bond acceptors (Lipinski definition) is 2. The van der Waals surface area contributed by atoms with Gasteiger partial charge < -0.3 is 10.5 Å². The van der Waals surface area contributed by atoms with Crippen molar-refractivity contribution in [3.05, 3.63) is 63.4 Å². The summed E-state index contributed by atoms with van der Waals surface area (Å²) in [5.41, 5.74) is 7.00. The van der Waals surface area contributed by atoms with Crippen molar-refractivity contribution in [1.29, 1.82) is 0 Å². The van der Waals surface area contributed by atoms with Gasteiger partial charge in [-0.2, -0.15) is 0 Å². The van der Waals surface area contributed by atoms with E-state index in [1.807, 2.05) is 0 Å². The Labute approximate surface area is 120 Å². The van der Waals surface area contributed by atoms with Gasteiger partial charge in [0, 0.05) is 16.1 Å². The fourth-order valence-electron chi connectivity index (χ4n) is 1.88. The van der Waals surface area contributed by atoms with Gasteiger partial charge in [0.2, 0.25) is 0 Å². The molecule has 0 aliphatic carbocycles. The first-order chi connectivity index (χ1) is 9.04. The minimum atomic E-state index is -0.702. The highest BCUT2D eigenvalue weighted by Crippen LogP contribution is 2.33. The number of hydrogen-bond donors (Lipinski definition) is 1. The van der Waals surface area contributed by atoms with E-state index in [1.54, 1.807) is 30.3 Å². The molecule has 0 aliphatic heterocycles. The van der Waals surface area contributed by atoms with Crippen LogP contribution in [0.1, 0.15) is 17.2 Å². The molecule has 1 unspecified atom stereocenters. The van der Waals surface area contributed by atoms with E-state index in [0.717, 1.165) is 0 Å². The second-order valence-corrected chi connectivity index (χ2v) is 4.85. The summed E-state index contributed by atoms with van der Waals surface area (Å²) in [6.07, 6.45) is 0. The minimum Gasteiger partial charge on any atom is -0.496 e. The summed E-state index contributed by atoms with van der Waals surface area (Å²) in [6.45, 7) is 0. The van der Waals surface area contributed by atoms with Gasteiger partial charge in [-0.25, -0.2) is 4.39 Å². The second kappa shape index (κ2) is 5.78. The van der Waals surface area contributed by atoms with Crippen molar-refractivity contribution in [3.63, 3.8) is 0 Å². The van der Waals surface area contributed by atoms with Crippen LogP contribution in [0.5, 0.6) is 5.75 Å². The second-order valence-electron chi connectivity index (χ2n) is 4.01. The van der Waals surface area contributed by atoms with Crippen molar-refractivity contribution in [2.45, 2.75) is 6.04 Å². The predicted octanol–water partition coefficient (Wildman–Crippen LogP) is 4.19. The number of benzene rings is 2. The van der Waals surface area contributed by atoms with E-state index in [1.165, 1.54) is 13.2 Å². The SMILES string of the molecule is COc1ccc(Cl)cc1C(N)c1cccc(Cl)c1F. The third-order valence-corrected chi connectivity index (χ3v) is 3.37. The molecule has 2 nitrogen and oxygen atoms in total. The van der Waals surface area contributed by atoms with Crippen molar-refractivity contribution >= 4 is 23.2 Å². The molecule has 5 heteroatoms. The van der Waals surface area contributed by atoms with Gasteiger partial charge in [-0.3, -0.25) is 0 Å². The first kappa shape index (κ1) is 14.1. The van der Waals surface area contributed by atoms with E-state index >= 15 is 0 Å². The Morgan fingerprint density at radius 3 is 2.58 bits per heavy atom. The smallest absolute Gasteiger partial charge is 0.146 e. The summed E-state index contributed by atoms with van der Waals surface area (Å²) in [5.74, 6) is 0.0231. The maximum atomic E-state index is 14.0. The molecule has 0 spiro atoms. The number of methoxy groups -OCH3 is 1. The first-order valence-electron chi connectivity index (χ1n) is 5.57. The molecule has 0 aliphatic rings. The van der Waals surface area contributed by atoms with Crippen LogP contribution in [0.3, 0.4) is 0 Å². The Hall–Kier alpha value is -1.29. The van der Waals surface area contributed by atoms with Gasteiger partial charge in [0.25, 0.3) is 0 Å². The van der Waals surface area contributed by atoms with Crippen molar-refractivity contribution < 1.29 is 9.13 Å². The Kier molecular flexibility index (Phi) is 4.30. The highest BCUT2D eigenvalue weighted by atomic mass is 35.5. The molecule has 2 aromatic carbocycles. The van der Waals surface area contributed by atoms with E-state index in [9.17, 15) is 4.39 Å². The molecule has 0 fully saturated rings. The Morgan fingerprint density at radius 1 is 1.16 bits per heavy atom. The van der Waals surface area contributed by atoms with Crippen LogP contribution < -0.4 is 10.5 Å². The average Bonchev–Trinajstić information content (AvgIpc) is 2.41. The average molecular weight is 300 g/mol. The summed E-state index contributed by atoms with van der Waals surface area (Å²) < 4.78 is 19.2. The number of nitrogens with two attached hydrogens (primary N) is 1. The van der Waals surface area contributed by atoms with Gasteiger partial charge in [0.05, 0.1) is 18.2 Å². The van der Waals surface area contributed by atoms with Crippen LogP contribution in [0.15, 0.2) is 36.4 Å². The molecule has 0 bridgehead atoms. The lowest BCUT2D eigenvalue weighted by Crippen LogP contribution is -2.15. The lowest BCUT2D eigenvalue weighted by atomic mass is 9.98. The number of halogens is 3. The zero-order valence-electron chi connectivity index (χ0n) is 10.2. The van der Waals surface area contributed by atoms with Gasteiger partial charge in [0.15, 0.2) is 0 Å². The molecule has 19 heavy (non-hydrogen) atoms. The van der Waals surface area contributed by atoms with Crippen molar-refractivity contribution in [2.24, 2.45) is 5.73 Å². The quantitative estimate of drug-likeness (QED) is 0.922. The van der Waals surface area contributed by atoms with Crippen LogP contribution in [0.4, 0.5) is 4.39 Å². The summed E-state index contributed by atoms with van der Waals surface area (Å²) in [4.78, 5) is 0. The zero-order valence-corrected chi connectivity index (χ0v) is 11.7. The zero-order chi connectivity index (χ0) is 14.0. The molecule has 0 amide bonds. The van der Waals surface area contributed by atoms with E-state index in [0.29, 0.717) is 21.9 Å². The maximum absolute atomic E-state index is 14.0. The monoisotopic (exact) mass is 299 g/mol. The Balaban J connectivity index is 2.52. The minimum absolute atomic E-state index is 0.0361. The van der Waals surface area contributed by atoms with E-state index in [-0.39, 0.29) is 5.02 Å². The largest absolute Gasteiger partial charge is 0.496 e. The Morgan fingerprint density at radius 2 is 1.89 bits per heavy atom. The molecule has 0 radical (unpaired) electrons. The number of ether oxygens (including phenoxy) is 1. The van der Waals surface area contributed by atoms with Crippen molar-refractivity contribution in [3.8, 4) is 5.75 Å². The van der Waals surface area contributed by atoms with Crippen LogP contribution in [-0.4, -0.2) is 7.11 Å². The fraction of sp³-hybridized carbons (Fsp3) is 0.143. The first-order valence-corrected chi connectivity index (χ1v) is 6.33. The van der Waals surface area contributed by atoms with Crippen LogP contribution >= 0.6 is 23.2 Å². The van der Waals surface area contributed by atoms with Crippen LogP contribution in [-0.2, 0) is 0 Å². The molecular weight excluding hydrogens is 288 g/mol. The third kappa shape index (κ3) is 2.84. The van der Waals surface area contributed by atoms with Crippen LogP contribution in [0.25, 0.3) is 0 Å². The van der Waals surface area contributed by atoms with Gasteiger partial charge >= 0.3 is 0 Å². The lowest BCUT2D eigenvalue weighted by Gasteiger charge is -2.17. The lowest BCUT2D eigenvalue weighted by molar-refractivity contribution is 0.407. The third-order valence-electron chi connectivity index (χ3n) is 2.84. The molecular formula is C14H12Cl2FNO. The van der Waals surface area contributed by atoms with Gasteiger partial charge in [0.1, 0.15) is 11.6 Å². The molecule has 0 aromatic heterocycles. The van der Waals surface area contributed by atoms with Crippen molar-refractivity contribution in [2.75, 3.05) is 7.11 Å². The fourth-order valence-corrected chi connectivity index (χ4v) is 2.24.